The summed E-state index contributed by atoms with van der Waals surface area (Å²) in [5.74, 6) is 1.30. The van der Waals surface area contributed by atoms with Gasteiger partial charge in [0.25, 0.3) is 0 Å². The topological polar surface area (TPSA) is 67.9 Å². The van der Waals surface area contributed by atoms with E-state index < -0.39 is 0 Å². The first-order valence-corrected chi connectivity index (χ1v) is 11.0. The minimum atomic E-state index is -0.115. The number of halogens is 1. The lowest BCUT2D eigenvalue weighted by molar-refractivity contribution is -0.131. The molecule has 0 atom stereocenters. The summed E-state index contributed by atoms with van der Waals surface area (Å²) in [4.78, 5) is 26.6. The quantitative estimate of drug-likeness (QED) is 0.617. The Kier molecular flexibility index (Phi) is 9.61. The molecule has 1 aliphatic rings. The van der Waals surface area contributed by atoms with Gasteiger partial charge in [0.2, 0.25) is 11.8 Å². The summed E-state index contributed by atoms with van der Waals surface area (Å²) in [5.41, 5.74) is 0.822. The molecule has 0 radical (unpaired) electrons. The van der Waals surface area contributed by atoms with Gasteiger partial charge in [-0.1, -0.05) is 28.8 Å². The molecule has 1 saturated heterocycles. The largest absolute Gasteiger partial charge is 0.490 e. The minimum Gasteiger partial charge on any atom is -0.490 e. The van der Waals surface area contributed by atoms with Crippen molar-refractivity contribution in [3.8, 4) is 11.5 Å². The Morgan fingerprint density at radius 1 is 1.04 bits per heavy atom. The number of carbonyl (C=O) groups excluding carboxylic acids is 2. The first-order valence-electron chi connectivity index (χ1n) is 10.2. The van der Waals surface area contributed by atoms with Gasteiger partial charge in [-0.2, -0.15) is 0 Å². The Balaban J connectivity index is 1.86. The molecular formula is C21H31BrN2O4. The van der Waals surface area contributed by atoms with Crippen LogP contribution in [0, 0.1) is 0 Å². The van der Waals surface area contributed by atoms with E-state index >= 15 is 0 Å². The van der Waals surface area contributed by atoms with Crippen LogP contribution >= 0.6 is 15.9 Å². The molecule has 1 N–H and O–H groups in total. The zero-order chi connectivity index (χ0) is 20.4. The van der Waals surface area contributed by atoms with Gasteiger partial charge in [-0.05, 0) is 44.4 Å². The molecule has 1 aromatic rings. The average molecular weight is 455 g/mol. The van der Waals surface area contributed by atoms with Crippen molar-refractivity contribution in [2.45, 2.75) is 52.4 Å². The minimum absolute atomic E-state index is 0.115. The molecule has 1 aliphatic heterocycles. The van der Waals surface area contributed by atoms with Crippen molar-refractivity contribution in [2.24, 2.45) is 0 Å². The second-order valence-corrected chi connectivity index (χ2v) is 7.68. The third kappa shape index (κ3) is 7.00. The van der Waals surface area contributed by atoms with Gasteiger partial charge in [-0.15, -0.1) is 0 Å². The molecule has 6 nitrogen and oxygen atoms in total. The van der Waals surface area contributed by atoms with Crippen LogP contribution in [0.2, 0.25) is 0 Å². The third-order valence-electron chi connectivity index (χ3n) is 4.68. The standard InChI is InChI=1S/C21H31BrN2O4/c1-3-27-18-13-16(17(22)15-19(18)28-4-2)14-20(25)23-10-9-21(26)24-11-7-5-6-8-12-24/h13,15H,3-12,14H2,1-2H3,(H,23,25). The number of hydrogen-bond acceptors (Lipinski definition) is 4. The van der Waals surface area contributed by atoms with Crippen LogP contribution in [0.4, 0.5) is 0 Å². The van der Waals surface area contributed by atoms with E-state index in [1.807, 2.05) is 30.9 Å². The number of benzene rings is 1. The van der Waals surface area contributed by atoms with Gasteiger partial charge in [-0.3, -0.25) is 9.59 Å². The third-order valence-corrected chi connectivity index (χ3v) is 5.42. The summed E-state index contributed by atoms with van der Waals surface area (Å²) in [7, 11) is 0. The molecule has 2 amide bonds. The van der Waals surface area contributed by atoms with Crippen molar-refractivity contribution in [1.82, 2.24) is 10.2 Å². The van der Waals surface area contributed by atoms with Crippen LogP contribution in [0.15, 0.2) is 16.6 Å². The van der Waals surface area contributed by atoms with Crippen LogP contribution in [-0.2, 0) is 16.0 Å². The van der Waals surface area contributed by atoms with Crippen LogP contribution in [0.25, 0.3) is 0 Å². The lowest BCUT2D eigenvalue weighted by Crippen LogP contribution is -2.35. The monoisotopic (exact) mass is 454 g/mol. The molecule has 0 saturated carbocycles. The summed E-state index contributed by atoms with van der Waals surface area (Å²) in [6, 6.07) is 3.67. The molecule has 156 valence electrons. The van der Waals surface area contributed by atoms with Crippen LogP contribution in [-0.4, -0.2) is 49.6 Å². The van der Waals surface area contributed by atoms with Crippen LogP contribution in [0.3, 0.4) is 0 Å². The first kappa shape index (κ1) is 22.5. The second-order valence-electron chi connectivity index (χ2n) is 6.83. The predicted molar refractivity (Wildman–Crippen MR) is 113 cm³/mol. The van der Waals surface area contributed by atoms with E-state index in [0.717, 1.165) is 36.0 Å². The van der Waals surface area contributed by atoms with E-state index in [1.165, 1.54) is 12.8 Å². The van der Waals surface area contributed by atoms with Gasteiger partial charge in [0.1, 0.15) is 0 Å². The maximum Gasteiger partial charge on any atom is 0.224 e. The summed E-state index contributed by atoms with van der Waals surface area (Å²) < 4.78 is 12.0. The van der Waals surface area contributed by atoms with Gasteiger partial charge < -0.3 is 19.7 Å². The maximum absolute atomic E-state index is 12.3. The highest BCUT2D eigenvalue weighted by atomic mass is 79.9. The number of carbonyl (C=O) groups is 2. The number of amides is 2. The van der Waals surface area contributed by atoms with E-state index in [1.54, 1.807) is 0 Å². The Hall–Kier alpha value is -1.76. The van der Waals surface area contributed by atoms with E-state index in [9.17, 15) is 9.59 Å². The summed E-state index contributed by atoms with van der Waals surface area (Å²) in [6.45, 7) is 6.92. The smallest absolute Gasteiger partial charge is 0.224 e. The van der Waals surface area contributed by atoms with Crippen LogP contribution < -0.4 is 14.8 Å². The molecule has 7 heteroatoms. The van der Waals surface area contributed by atoms with Gasteiger partial charge in [0.15, 0.2) is 11.5 Å². The van der Waals surface area contributed by atoms with Crippen molar-refractivity contribution < 1.29 is 19.1 Å². The Labute approximate surface area is 176 Å². The first-order chi connectivity index (χ1) is 13.5. The molecule has 0 bridgehead atoms. The molecular weight excluding hydrogens is 424 g/mol. The van der Waals surface area contributed by atoms with Crippen molar-refractivity contribution >= 4 is 27.7 Å². The van der Waals surface area contributed by atoms with Crippen LogP contribution in [0.5, 0.6) is 11.5 Å². The van der Waals surface area contributed by atoms with E-state index in [4.69, 9.17) is 9.47 Å². The van der Waals surface area contributed by atoms with E-state index in [2.05, 4.69) is 21.2 Å². The summed E-state index contributed by atoms with van der Waals surface area (Å²) in [6.07, 6.45) is 5.10. The van der Waals surface area contributed by atoms with E-state index in [-0.39, 0.29) is 18.2 Å². The fraction of sp³-hybridized carbons (Fsp3) is 0.619. The lowest BCUT2D eigenvalue weighted by atomic mass is 10.1. The maximum atomic E-state index is 12.3. The number of nitrogens with zero attached hydrogens (tertiary/aromatic N) is 1. The molecule has 2 rings (SSSR count). The van der Waals surface area contributed by atoms with Gasteiger partial charge in [-0.25, -0.2) is 0 Å². The van der Waals surface area contributed by atoms with Crippen molar-refractivity contribution in [2.75, 3.05) is 32.8 Å². The number of nitrogens with one attached hydrogen (secondary N) is 1. The van der Waals surface area contributed by atoms with Crippen molar-refractivity contribution in [1.29, 1.82) is 0 Å². The SMILES string of the molecule is CCOc1cc(Br)c(CC(=O)NCCC(=O)N2CCCCCC2)cc1OCC. The normalized spacial score (nSPS) is 14.3. The predicted octanol–water partition coefficient (Wildman–Crippen LogP) is 3.70. The highest BCUT2D eigenvalue weighted by molar-refractivity contribution is 9.10. The van der Waals surface area contributed by atoms with Gasteiger partial charge >= 0.3 is 0 Å². The average Bonchev–Trinajstić information content (AvgIpc) is 2.95. The molecule has 1 aromatic carbocycles. The van der Waals surface area contributed by atoms with E-state index in [0.29, 0.717) is 37.7 Å². The zero-order valence-corrected chi connectivity index (χ0v) is 18.5. The van der Waals surface area contributed by atoms with Crippen molar-refractivity contribution in [3.05, 3.63) is 22.2 Å². The highest BCUT2D eigenvalue weighted by Gasteiger charge is 2.16. The zero-order valence-electron chi connectivity index (χ0n) is 16.9. The number of ether oxygens (including phenoxy) is 2. The fourth-order valence-corrected chi connectivity index (χ4v) is 3.73. The fourth-order valence-electron chi connectivity index (χ4n) is 3.27. The molecule has 1 fully saturated rings. The molecule has 0 unspecified atom stereocenters. The van der Waals surface area contributed by atoms with Gasteiger partial charge in [0, 0.05) is 30.5 Å². The Morgan fingerprint density at radius 3 is 2.25 bits per heavy atom. The summed E-state index contributed by atoms with van der Waals surface area (Å²) in [5, 5.41) is 2.86. The number of likely N-dealkylation sites (tertiary alicyclic amines) is 1. The second kappa shape index (κ2) is 11.9. The summed E-state index contributed by atoms with van der Waals surface area (Å²) >= 11 is 3.51. The lowest BCUT2D eigenvalue weighted by Gasteiger charge is -2.20. The molecule has 0 aromatic heterocycles. The highest BCUT2D eigenvalue weighted by Crippen LogP contribution is 2.34. The molecule has 0 spiro atoms. The number of hydrogen-bond donors (Lipinski definition) is 1. The molecule has 0 aliphatic carbocycles. The van der Waals surface area contributed by atoms with Gasteiger partial charge in [0.05, 0.1) is 19.6 Å². The Morgan fingerprint density at radius 2 is 1.64 bits per heavy atom. The Bertz CT molecular complexity index is 658. The number of rotatable bonds is 9. The molecule has 1 heterocycles. The van der Waals surface area contributed by atoms with Crippen molar-refractivity contribution in [3.63, 3.8) is 0 Å². The van der Waals surface area contributed by atoms with Crippen LogP contribution in [0.1, 0.15) is 51.5 Å². The molecule has 28 heavy (non-hydrogen) atoms.